The van der Waals surface area contributed by atoms with Crippen LogP contribution in [-0.2, 0) is 9.53 Å². The molecule has 2 aliphatic heterocycles. The van der Waals surface area contributed by atoms with Gasteiger partial charge in [0.05, 0.1) is 33.1 Å². The Bertz CT molecular complexity index is 1380. The lowest BCUT2D eigenvalue weighted by atomic mass is 10.1. The van der Waals surface area contributed by atoms with Gasteiger partial charge in [-0.2, -0.15) is 0 Å². The number of amides is 2. The van der Waals surface area contributed by atoms with Crippen molar-refractivity contribution in [3.8, 4) is 22.8 Å². The lowest BCUT2D eigenvalue weighted by molar-refractivity contribution is -0.132. The number of rotatable bonds is 10. The number of benzene rings is 2. The van der Waals surface area contributed by atoms with E-state index < -0.39 is 5.82 Å². The number of hydrogen-bond acceptors (Lipinski definition) is 9. The van der Waals surface area contributed by atoms with Gasteiger partial charge in [0, 0.05) is 63.5 Å². The summed E-state index contributed by atoms with van der Waals surface area (Å²) in [5.41, 5.74) is 1.93. The first-order valence-electron chi connectivity index (χ1n) is 14.4. The molecule has 2 fully saturated rings. The van der Waals surface area contributed by atoms with E-state index in [0.717, 1.165) is 24.5 Å². The van der Waals surface area contributed by atoms with Crippen molar-refractivity contribution in [3.05, 3.63) is 66.0 Å². The Morgan fingerprint density at radius 2 is 1.60 bits per heavy atom. The molecule has 0 aliphatic carbocycles. The number of carbonyl (C=O) groups is 2. The van der Waals surface area contributed by atoms with E-state index in [9.17, 15) is 14.0 Å². The predicted molar refractivity (Wildman–Crippen MR) is 159 cm³/mol. The van der Waals surface area contributed by atoms with Gasteiger partial charge in [0.25, 0.3) is 5.91 Å². The number of methoxy groups -OCH3 is 2. The molecule has 2 aromatic carbocycles. The number of halogens is 1. The summed E-state index contributed by atoms with van der Waals surface area (Å²) >= 11 is 0. The molecule has 3 heterocycles. The Kier molecular flexibility index (Phi) is 10.0. The molecule has 2 saturated heterocycles. The summed E-state index contributed by atoms with van der Waals surface area (Å²) in [6, 6.07) is 14.9. The third-order valence-corrected chi connectivity index (χ3v) is 7.78. The smallest absolute Gasteiger partial charge is 0.254 e. The fourth-order valence-electron chi connectivity index (χ4n) is 5.21. The maximum Gasteiger partial charge on any atom is 0.254 e. The third kappa shape index (κ3) is 7.57. The van der Waals surface area contributed by atoms with Gasteiger partial charge < -0.3 is 28.9 Å². The average molecular weight is 593 g/mol. The van der Waals surface area contributed by atoms with Crippen LogP contribution in [0, 0.1) is 5.82 Å². The minimum absolute atomic E-state index is 0.0413. The summed E-state index contributed by atoms with van der Waals surface area (Å²) in [6.45, 7) is 6.04. The van der Waals surface area contributed by atoms with Gasteiger partial charge >= 0.3 is 0 Å². The minimum Gasteiger partial charge on any atom is -0.493 e. The summed E-state index contributed by atoms with van der Waals surface area (Å²) in [6.07, 6.45) is 0. The Balaban J connectivity index is 1.18. The monoisotopic (exact) mass is 592 g/mol. The maximum absolute atomic E-state index is 13.5. The summed E-state index contributed by atoms with van der Waals surface area (Å²) in [4.78, 5) is 34.4. The lowest BCUT2D eigenvalue weighted by Crippen LogP contribution is -2.53. The van der Waals surface area contributed by atoms with Crippen molar-refractivity contribution >= 4 is 17.6 Å². The highest BCUT2D eigenvalue weighted by Crippen LogP contribution is 2.31. The van der Waals surface area contributed by atoms with Crippen LogP contribution in [0.15, 0.2) is 54.6 Å². The Morgan fingerprint density at radius 1 is 0.884 bits per heavy atom. The molecule has 0 atom stereocenters. The molecule has 0 spiro atoms. The highest BCUT2D eigenvalue weighted by molar-refractivity contribution is 5.96. The molecule has 43 heavy (non-hydrogen) atoms. The van der Waals surface area contributed by atoms with Crippen molar-refractivity contribution < 1.29 is 28.2 Å². The zero-order valence-corrected chi connectivity index (χ0v) is 24.6. The molecule has 0 saturated carbocycles. The number of nitrogens with zero attached hydrogens (tertiary/aromatic N) is 6. The van der Waals surface area contributed by atoms with Gasteiger partial charge in [-0.1, -0.05) is 0 Å². The fraction of sp³-hybridized carbons (Fsp3) is 0.419. The van der Waals surface area contributed by atoms with Crippen LogP contribution in [0.5, 0.6) is 11.5 Å². The van der Waals surface area contributed by atoms with Gasteiger partial charge in [-0.05, 0) is 54.6 Å². The first-order valence-corrected chi connectivity index (χ1v) is 14.4. The molecule has 1 aromatic heterocycles. The zero-order valence-electron chi connectivity index (χ0n) is 24.6. The highest BCUT2D eigenvalue weighted by Gasteiger charge is 2.26. The van der Waals surface area contributed by atoms with Crippen LogP contribution in [0.25, 0.3) is 11.3 Å². The molecule has 2 amide bonds. The summed E-state index contributed by atoms with van der Waals surface area (Å²) in [5, 5.41) is 8.85. The van der Waals surface area contributed by atoms with E-state index in [1.165, 1.54) is 24.3 Å². The average Bonchev–Trinajstić information content (AvgIpc) is 3.07. The van der Waals surface area contributed by atoms with Crippen molar-refractivity contribution in [2.75, 3.05) is 91.2 Å². The number of hydrogen-bond donors (Lipinski definition) is 0. The molecule has 11 nitrogen and oxygen atoms in total. The second-order valence-electron chi connectivity index (χ2n) is 10.4. The molecule has 3 aromatic rings. The van der Waals surface area contributed by atoms with E-state index in [1.54, 1.807) is 24.0 Å². The minimum atomic E-state index is -0.411. The number of ether oxygens (including phenoxy) is 3. The first-order chi connectivity index (χ1) is 20.9. The molecule has 0 unspecified atom stereocenters. The fourth-order valence-corrected chi connectivity index (χ4v) is 5.21. The molecule has 2 aliphatic rings. The Labute approximate surface area is 250 Å². The van der Waals surface area contributed by atoms with Gasteiger partial charge in [-0.15, -0.1) is 10.2 Å². The van der Waals surface area contributed by atoms with E-state index in [-0.39, 0.29) is 18.4 Å². The van der Waals surface area contributed by atoms with Crippen LogP contribution in [0.1, 0.15) is 10.4 Å². The van der Waals surface area contributed by atoms with Gasteiger partial charge in [0.15, 0.2) is 17.3 Å². The van der Waals surface area contributed by atoms with Crippen molar-refractivity contribution in [1.29, 1.82) is 0 Å². The SMILES string of the molecule is COc1ccc(-c2ccc(N3CCN(C(=O)CN(CCN4CCOCC4)C(=O)c4ccc(F)cc4)CC3)nn2)cc1OC. The molecule has 0 bridgehead atoms. The van der Waals surface area contributed by atoms with Gasteiger partial charge in [-0.3, -0.25) is 14.5 Å². The van der Waals surface area contributed by atoms with Gasteiger partial charge in [-0.25, -0.2) is 4.39 Å². The molecule has 228 valence electrons. The summed E-state index contributed by atoms with van der Waals surface area (Å²) < 4.78 is 29.6. The first kappa shape index (κ1) is 30.2. The largest absolute Gasteiger partial charge is 0.493 e. The van der Waals surface area contributed by atoms with Gasteiger partial charge in [0.1, 0.15) is 12.4 Å². The molecule has 5 rings (SSSR count). The number of morpholine rings is 1. The maximum atomic E-state index is 13.5. The lowest BCUT2D eigenvalue weighted by Gasteiger charge is -2.36. The molecule has 12 heteroatoms. The molecular weight excluding hydrogens is 555 g/mol. The normalized spacial score (nSPS) is 15.7. The molecule has 0 N–H and O–H groups in total. The van der Waals surface area contributed by atoms with E-state index in [2.05, 4.69) is 20.0 Å². The van der Waals surface area contributed by atoms with E-state index in [1.807, 2.05) is 30.3 Å². The van der Waals surface area contributed by atoms with E-state index in [4.69, 9.17) is 14.2 Å². The quantitative estimate of drug-likeness (QED) is 0.351. The number of aromatic nitrogens is 2. The number of anilines is 1. The molecular formula is C31H37FN6O5. The second-order valence-corrected chi connectivity index (χ2v) is 10.4. The summed E-state index contributed by atoms with van der Waals surface area (Å²) in [7, 11) is 3.18. The van der Waals surface area contributed by atoms with E-state index in [0.29, 0.717) is 75.2 Å². The Hall–Kier alpha value is -4.29. The second kappa shape index (κ2) is 14.3. The van der Waals surface area contributed by atoms with Crippen LogP contribution in [0.3, 0.4) is 0 Å². The van der Waals surface area contributed by atoms with Crippen LogP contribution in [0.4, 0.5) is 10.2 Å². The molecule has 0 radical (unpaired) electrons. The predicted octanol–water partition coefficient (Wildman–Crippen LogP) is 2.42. The van der Waals surface area contributed by atoms with Crippen molar-refractivity contribution in [3.63, 3.8) is 0 Å². The van der Waals surface area contributed by atoms with Crippen molar-refractivity contribution in [2.24, 2.45) is 0 Å². The topological polar surface area (TPSA) is 101 Å². The number of carbonyl (C=O) groups excluding carboxylic acids is 2. The van der Waals surface area contributed by atoms with Gasteiger partial charge in [0.2, 0.25) is 5.91 Å². The van der Waals surface area contributed by atoms with Crippen LogP contribution in [-0.4, -0.2) is 123 Å². The standard InChI is InChI=1S/C31H37FN6O5/c1-41-27-9-5-24(21-28(27)42-2)26-8-10-29(34-33-26)36-13-15-37(16-14-36)30(39)22-38(12-11-35-17-19-43-20-18-35)31(40)23-3-6-25(32)7-4-23/h3-10,21H,11-20,22H2,1-2H3. The Morgan fingerprint density at radius 3 is 2.26 bits per heavy atom. The van der Waals surface area contributed by atoms with Crippen molar-refractivity contribution in [1.82, 2.24) is 24.9 Å². The van der Waals surface area contributed by atoms with E-state index >= 15 is 0 Å². The van der Waals surface area contributed by atoms with Crippen molar-refractivity contribution in [2.45, 2.75) is 0 Å². The third-order valence-electron chi connectivity index (χ3n) is 7.78. The number of piperazine rings is 1. The van der Waals surface area contributed by atoms with Crippen LogP contribution < -0.4 is 14.4 Å². The highest BCUT2D eigenvalue weighted by atomic mass is 19.1. The van der Waals surface area contributed by atoms with Crippen LogP contribution >= 0.6 is 0 Å². The zero-order chi connectivity index (χ0) is 30.2. The summed E-state index contributed by atoms with van der Waals surface area (Å²) in [5.74, 6) is 1.17. The van der Waals surface area contributed by atoms with Crippen LogP contribution in [0.2, 0.25) is 0 Å².